The van der Waals surface area contributed by atoms with Gasteiger partial charge in [0, 0.05) is 12.6 Å². The summed E-state index contributed by atoms with van der Waals surface area (Å²) in [4.78, 5) is 4.55. The number of hydrogen-bond donors (Lipinski definition) is 1. The number of alkyl halides is 3. The van der Waals surface area contributed by atoms with Crippen LogP contribution in [0, 0.1) is 13.8 Å². The van der Waals surface area contributed by atoms with E-state index in [2.05, 4.69) is 52.6 Å². The van der Waals surface area contributed by atoms with Gasteiger partial charge in [0.15, 0.2) is 5.15 Å². The summed E-state index contributed by atoms with van der Waals surface area (Å²) in [7, 11) is 0. The van der Waals surface area contributed by atoms with Gasteiger partial charge in [-0.1, -0.05) is 41.4 Å². The van der Waals surface area contributed by atoms with E-state index in [0.717, 1.165) is 25.0 Å². The Balaban J connectivity index is 1.58. The van der Waals surface area contributed by atoms with Crippen molar-refractivity contribution in [3.8, 4) is 11.6 Å². The molecule has 2 heterocycles. The van der Waals surface area contributed by atoms with E-state index in [1.54, 1.807) is 6.07 Å². The van der Waals surface area contributed by atoms with Gasteiger partial charge in [-0.05, 0) is 62.1 Å². The molecule has 0 radical (unpaired) electrons. The molecule has 172 valence electrons. The van der Waals surface area contributed by atoms with Gasteiger partial charge in [0.1, 0.15) is 11.6 Å². The van der Waals surface area contributed by atoms with Crippen molar-refractivity contribution < 1.29 is 17.9 Å². The molecule has 0 spiro atoms. The van der Waals surface area contributed by atoms with Gasteiger partial charge in [-0.3, -0.25) is 4.99 Å². The molecule has 5 nitrogen and oxygen atoms in total. The SMILES string of the molecule is Cc1ccc(C[C@@H]2CCN=C(c3cc(Cl)nnc3Oc3cccc(C(F)(F)F)c3)N2)c(C)c1. The van der Waals surface area contributed by atoms with Crippen molar-refractivity contribution in [1.82, 2.24) is 15.5 Å². The second-order valence-corrected chi connectivity index (χ2v) is 8.40. The highest BCUT2D eigenvalue weighted by molar-refractivity contribution is 6.29. The Morgan fingerprint density at radius 2 is 1.91 bits per heavy atom. The van der Waals surface area contributed by atoms with E-state index >= 15 is 0 Å². The Hall–Kier alpha value is -3.13. The van der Waals surface area contributed by atoms with Crippen LogP contribution in [0.15, 0.2) is 53.5 Å². The fourth-order valence-electron chi connectivity index (χ4n) is 3.75. The molecule has 3 aromatic rings. The second-order valence-electron chi connectivity index (χ2n) is 8.01. The molecule has 9 heteroatoms. The van der Waals surface area contributed by atoms with Crippen LogP contribution in [0.5, 0.6) is 11.6 Å². The fraction of sp³-hybridized carbons (Fsp3) is 0.292. The molecule has 0 amide bonds. The highest BCUT2D eigenvalue weighted by atomic mass is 35.5. The number of nitrogens with zero attached hydrogens (tertiary/aromatic N) is 3. The van der Waals surface area contributed by atoms with Crippen LogP contribution in [0.1, 0.15) is 34.2 Å². The Morgan fingerprint density at radius 3 is 2.67 bits per heavy atom. The van der Waals surface area contributed by atoms with Crippen molar-refractivity contribution in [2.75, 3.05) is 6.54 Å². The molecule has 4 rings (SSSR count). The summed E-state index contributed by atoms with van der Waals surface area (Å²) in [5, 5.41) is 11.3. The molecule has 0 unspecified atom stereocenters. The van der Waals surface area contributed by atoms with Gasteiger partial charge in [0.25, 0.3) is 0 Å². The summed E-state index contributed by atoms with van der Waals surface area (Å²) in [5.74, 6) is 0.540. The first-order valence-electron chi connectivity index (χ1n) is 10.4. The predicted molar refractivity (Wildman–Crippen MR) is 121 cm³/mol. The first-order chi connectivity index (χ1) is 15.7. The summed E-state index contributed by atoms with van der Waals surface area (Å²) < 4.78 is 44.9. The Morgan fingerprint density at radius 1 is 1.09 bits per heavy atom. The molecule has 33 heavy (non-hydrogen) atoms. The molecule has 1 N–H and O–H groups in total. The van der Waals surface area contributed by atoms with Crippen LogP contribution >= 0.6 is 11.6 Å². The molecule has 0 saturated heterocycles. The summed E-state index contributed by atoms with van der Waals surface area (Å²) in [5.41, 5.74) is 3.31. The molecule has 1 atom stereocenters. The molecule has 0 fully saturated rings. The third-order valence-electron chi connectivity index (χ3n) is 5.41. The Bertz CT molecular complexity index is 1200. The molecule has 1 aliphatic heterocycles. The zero-order valence-electron chi connectivity index (χ0n) is 18.1. The number of aromatic nitrogens is 2. The summed E-state index contributed by atoms with van der Waals surface area (Å²) in [6.07, 6.45) is -2.84. The van der Waals surface area contributed by atoms with E-state index in [4.69, 9.17) is 16.3 Å². The van der Waals surface area contributed by atoms with Gasteiger partial charge in [-0.15, -0.1) is 10.2 Å². The highest BCUT2D eigenvalue weighted by Gasteiger charge is 2.31. The molecule has 1 aromatic heterocycles. The predicted octanol–water partition coefficient (Wildman–Crippen LogP) is 5.91. The number of benzene rings is 2. The molecular formula is C24H22ClF3N4O. The van der Waals surface area contributed by atoms with Crippen LogP contribution in [0.25, 0.3) is 0 Å². The van der Waals surface area contributed by atoms with Gasteiger partial charge in [0.2, 0.25) is 5.88 Å². The fourth-order valence-corrected chi connectivity index (χ4v) is 3.90. The molecule has 0 saturated carbocycles. The van der Waals surface area contributed by atoms with Crippen molar-refractivity contribution in [2.45, 2.75) is 38.9 Å². The molecule has 0 aliphatic carbocycles. The van der Waals surface area contributed by atoms with Crippen LogP contribution in [0.4, 0.5) is 13.2 Å². The van der Waals surface area contributed by atoms with Crippen molar-refractivity contribution in [1.29, 1.82) is 0 Å². The standard InChI is InChI=1S/C24H22ClF3N4O/c1-14-6-7-16(15(2)10-14)11-18-8-9-29-22(30-18)20-13-21(25)31-32-23(20)33-19-5-3-4-17(12-19)24(26,27)28/h3-7,10,12-13,18H,8-9,11H2,1-2H3,(H,29,30)/t18-/m0/s1. The average Bonchev–Trinajstić information content (AvgIpc) is 2.77. The lowest BCUT2D eigenvalue weighted by atomic mass is 9.96. The molecular weight excluding hydrogens is 453 g/mol. The summed E-state index contributed by atoms with van der Waals surface area (Å²) in [6.45, 7) is 4.74. The zero-order valence-corrected chi connectivity index (χ0v) is 18.8. The van der Waals surface area contributed by atoms with Crippen molar-refractivity contribution in [2.24, 2.45) is 4.99 Å². The van der Waals surface area contributed by atoms with Gasteiger partial charge < -0.3 is 10.1 Å². The average molecular weight is 475 g/mol. The van der Waals surface area contributed by atoms with Gasteiger partial charge >= 0.3 is 6.18 Å². The molecule has 1 aliphatic rings. The lowest BCUT2D eigenvalue weighted by molar-refractivity contribution is -0.137. The number of halogens is 4. The smallest absolute Gasteiger partial charge is 0.416 e. The third kappa shape index (κ3) is 5.63. The molecule has 2 aromatic carbocycles. The molecule has 0 bridgehead atoms. The number of aryl methyl sites for hydroxylation is 2. The number of ether oxygens (including phenoxy) is 1. The van der Waals surface area contributed by atoms with E-state index in [-0.39, 0.29) is 22.8 Å². The first-order valence-corrected chi connectivity index (χ1v) is 10.8. The largest absolute Gasteiger partial charge is 0.437 e. The van der Waals surface area contributed by atoms with Crippen LogP contribution in [0.2, 0.25) is 5.15 Å². The van der Waals surface area contributed by atoms with Crippen molar-refractivity contribution >= 4 is 17.4 Å². The van der Waals surface area contributed by atoms with E-state index in [1.165, 1.54) is 28.8 Å². The quantitative estimate of drug-likeness (QED) is 0.499. The van der Waals surface area contributed by atoms with Gasteiger partial charge in [-0.25, -0.2) is 0 Å². The lowest BCUT2D eigenvalue weighted by Crippen LogP contribution is -2.41. The zero-order chi connectivity index (χ0) is 23.6. The minimum absolute atomic E-state index is 0.00839. The highest BCUT2D eigenvalue weighted by Crippen LogP contribution is 2.33. The maximum atomic E-state index is 13.1. The van der Waals surface area contributed by atoms with E-state index < -0.39 is 11.7 Å². The Kier molecular flexibility index (Phi) is 6.56. The number of nitrogens with one attached hydrogen (secondary N) is 1. The third-order valence-corrected chi connectivity index (χ3v) is 5.60. The number of rotatable bonds is 5. The minimum atomic E-state index is -4.48. The van der Waals surface area contributed by atoms with Crippen LogP contribution < -0.4 is 10.1 Å². The van der Waals surface area contributed by atoms with E-state index in [0.29, 0.717) is 17.9 Å². The maximum Gasteiger partial charge on any atom is 0.416 e. The second kappa shape index (κ2) is 9.39. The van der Waals surface area contributed by atoms with Crippen LogP contribution in [-0.4, -0.2) is 28.6 Å². The number of amidine groups is 1. The van der Waals surface area contributed by atoms with Crippen LogP contribution in [-0.2, 0) is 12.6 Å². The monoisotopic (exact) mass is 474 g/mol. The normalized spacial score (nSPS) is 16.2. The number of hydrogen-bond acceptors (Lipinski definition) is 5. The van der Waals surface area contributed by atoms with Crippen LogP contribution in [0.3, 0.4) is 0 Å². The van der Waals surface area contributed by atoms with E-state index in [9.17, 15) is 13.2 Å². The maximum absolute atomic E-state index is 13.1. The van der Waals surface area contributed by atoms with E-state index in [1.807, 2.05) is 0 Å². The van der Waals surface area contributed by atoms with Crippen molar-refractivity contribution in [3.05, 3.63) is 81.5 Å². The minimum Gasteiger partial charge on any atom is -0.437 e. The van der Waals surface area contributed by atoms with Gasteiger partial charge in [0.05, 0.1) is 11.1 Å². The summed E-state index contributed by atoms with van der Waals surface area (Å²) >= 11 is 6.07. The Labute approximate surface area is 194 Å². The van der Waals surface area contributed by atoms with Crippen molar-refractivity contribution in [3.63, 3.8) is 0 Å². The van der Waals surface area contributed by atoms with Gasteiger partial charge in [-0.2, -0.15) is 13.2 Å². The number of aliphatic imine (C=N–C) groups is 1. The first kappa shape index (κ1) is 23.0. The topological polar surface area (TPSA) is 59.4 Å². The summed E-state index contributed by atoms with van der Waals surface area (Å²) in [6, 6.07) is 12.6. The lowest BCUT2D eigenvalue weighted by Gasteiger charge is -2.26.